The number of benzene rings is 3. The number of hydrogen-bond donors (Lipinski definition) is 0. The minimum absolute atomic E-state index is 0.0701. The fourth-order valence-electron chi connectivity index (χ4n) is 5.13. The first kappa shape index (κ1) is 31.3. The minimum Gasteiger partial charge on any atom is -0.502 e. The second-order valence-electron chi connectivity index (χ2n) is 10.0. The van der Waals surface area contributed by atoms with E-state index >= 15 is 0 Å². The first-order valence-electron chi connectivity index (χ1n) is 13.1. The molecule has 0 amide bonds. The van der Waals surface area contributed by atoms with Gasteiger partial charge in [-0.1, -0.05) is 35.4 Å². The normalized spacial score (nSPS) is 13.1. The molecule has 0 aromatic heterocycles. The molecule has 212 valence electrons. The Labute approximate surface area is 247 Å². The molecule has 1 aliphatic rings. The summed E-state index contributed by atoms with van der Waals surface area (Å²) in [7, 11) is 11.6. The van der Waals surface area contributed by atoms with E-state index < -0.39 is 13.5 Å². The van der Waals surface area contributed by atoms with Crippen molar-refractivity contribution in [1.29, 1.82) is 0 Å². The summed E-state index contributed by atoms with van der Waals surface area (Å²) in [5, 5.41) is 0. The zero-order chi connectivity index (χ0) is 28.7. The third-order valence-corrected chi connectivity index (χ3v) is 8.43. The van der Waals surface area contributed by atoms with Crippen LogP contribution in [0.3, 0.4) is 0 Å². The van der Waals surface area contributed by atoms with Crippen molar-refractivity contribution in [1.82, 2.24) is 0 Å². The van der Waals surface area contributed by atoms with Gasteiger partial charge < -0.3 is 9.80 Å². The first-order valence-corrected chi connectivity index (χ1v) is 18.6. The number of para-hydroxylation sites is 1. The zero-order valence-electron chi connectivity index (χ0n) is 23.9. The topological polar surface area (TPSA) is 32.8 Å². The molecule has 0 unspecified atom stereocenters. The van der Waals surface area contributed by atoms with Gasteiger partial charge in [-0.2, -0.15) is 6.67 Å². The molecular weight excluding hydrogens is 616 g/mol. The molecule has 1 aliphatic heterocycles. The Morgan fingerprint density at radius 2 is 1.33 bits per heavy atom. The summed E-state index contributed by atoms with van der Waals surface area (Å²) in [6, 6.07) is 16.5. The van der Waals surface area contributed by atoms with E-state index in [1.54, 1.807) is 10.7 Å². The second-order valence-corrected chi connectivity index (χ2v) is 15.7. The second kappa shape index (κ2) is 14.4. The van der Waals surface area contributed by atoms with Crippen LogP contribution in [-0.4, -0.2) is 30.1 Å². The number of Topliss-reactive ketones (excluding diaryl/α,β-unsaturated/α-hetero) is 1. The number of aryl methyl sites for hydroxylation is 6. The molecule has 0 atom stereocenters. The van der Waals surface area contributed by atoms with Crippen LogP contribution >= 0.6 is 19.4 Å². The predicted octanol–water partition coefficient (Wildman–Crippen LogP) is 8.10. The van der Waals surface area contributed by atoms with Crippen molar-refractivity contribution in [3.05, 3.63) is 94.1 Å². The summed E-state index contributed by atoms with van der Waals surface area (Å²) in [4.78, 5) is 16.0. The Morgan fingerprint density at radius 3 is 1.77 bits per heavy atom. The summed E-state index contributed by atoms with van der Waals surface area (Å²) in [6.45, 7) is 19.5. The SMILES string of the molecule is CCC(=O)COc1ccccc1[CH]=[Ru]([Cl])[Cl].Cc1cc(C)c(N2[CH-]N(c3c(C)cc(C)cc3C)CC2)c(C)c1. The molecule has 0 spiro atoms. The number of carbonyl (C=O) groups excluding carboxylic acids is 1. The third-order valence-electron chi connectivity index (χ3n) is 6.59. The Morgan fingerprint density at radius 1 is 0.872 bits per heavy atom. The van der Waals surface area contributed by atoms with Crippen LogP contribution in [0.15, 0.2) is 48.5 Å². The van der Waals surface area contributed by atoms with Crippen LogP contribution in [0.4, 0.5) is 11.4 Å². The van der Waals surface area contributed by atoms with Crippen molar-refractivity contribution in [2.75, 3.05) is 29.5 Å². The largest absolute Gasteiger partial charge is 0.502 e. The molecule has 0 saturated carbocycles. The molecule has 0 N–H and O–H groups in total. The van der Waals surface area contributed by atoms with Gasteiger partial charge in [0.05, 0.1) is 0 Å². The predicted molar refractivity (Wildman–Crippen MR) is 164 cm³/mol. The number of ketones is 1. The number of hydrogen-bond acceptors (Lipinski definition) is 4. The third kappa shape index (κ3) is 8.64. The minimum atomic E-state index is -1.87. The van der Waals surface area contributed by atoms with E-state index in [1.807, 2.05) is 25.1 Å². The Bertz CT molecular complexity index is 1240. The zero-order valence-corrected chi connectivity index (χ0v) is 27.2. The monoisotopic (exact) mass is 655 g/mol. The average Bonchev–Trinajstić information content (AvgIpc) is 3.31. The molecule has 3 aromatic rings. The number of anilines is 2. The maximum absolute atomic E-state index is 11.1. The summed E-state index contributed by atoms with van der Waals surface area (Å²) >= 11 is -1.87. The molecule has 1 saturated heterocycles. The molecule has 3 aromatic carbocycles. The van der Waals surface area contributed by atoms with Crippen molar-refractivity contribution in [2.24, 2.45) is 0 Å². The molecule has 1 heterocycles. The molecular formula is C32H39Cl2N2O2Ru-. The van der Waals surface area contributed by atoms with Gasteiger partial charge in [0.1, 0.15) is 0 Å². The quantitative estimate of drug-likeness (QED) is 0.190. The Balaban J connectivity index is 0.000000231. The standard InChI is InChI=1S/C21H27N2.C11H12O2.2ClH.Ru/c1-14-9-16(3)20(17(4)10-14)22-7-8-23(13-22)21-18(5)11-15(2)12-19(21)6;1-3-10(12)8-13-11-7-5-4-6-9(11)2;;;/h9-13H,7-8H2,1-6H3;2,4-7H,3,8H2,1H3;2*1H;/q-1;;;;+2/p-2. The molecule has 0 radical (unpaired) electrons. The van der Waals surface area contributed by atoms with E-state index in [-0.39, 0.29) is 12.4 Å². The number of ether oxygens (including phenoxy) is 1. The van der Waals surface area contributed by atoms with Gasteiger partial charge in [-0.25, -0.2) is 0 Å². The van der Waals surface area contributed by atoms with Crippen LogP contribution in [0.5, 0.6) is 5.75 Å². The van der Waals surface area contributed by atoms with E-state index in [9.17, 15) is 4.79 Å². The maximum atomic E-state index is 11.1. The van der Waals surface area contributed by atoms with Crippen LogP contribution < -0.4 is 14.5 Å². The number of nitrogens with zero attached hydrogens (tertiary/aromatic N) is 2. The Kier molecular flexibility index (Phi) is 11.6. The number of halogens is 2. The number of carbonyl (C=O) groups is 1. The van der Waals surface area contributed by atoms with Crippen LogP contribution in [0.25, 0.3) is 0 Å². The molecule has 7 heteroatoms. The van der Waals surface area contributed by atoms with Crippen molar-refractivity contribution in [2.45, 2.75) is 54.9 Å². The van der Waals surface area contributed by atoms with E-state index in [0.717, 1.165) is 18.7 Å². The molecule has 4 nitrogen and oxygen atoms in total. The van der Waals surface area contributed by atoms with Crippen molar-refractivity contribution in [3.8, 4) is 5.75 Å². The van der Waals surface area contributed by atoms with Crippen molar-refractivity contribution >= 4 is 41.1 Å². The van der Waals surface area contributed by atoms with Crippen LogP contribution in [-0.2, 0) is 18.3 Å². The van der Waals surface area contributed by atoms with Gasteiger partial charge in [-0.3, -0.25) is 0 Å². The maximum Gasteiger partial charge on any atom is 0.0146 e. The number of rotatable bonds is 7. The summed E-state index contributed by atoms with van der Waals surface area (Å²) < 4.78 is 7.22. The van der Waals surface area contributed by atoms with E-state index in [0.29, 0.717) is 12.2 Å². The van der Waals surface area contributed by atoms with Crippen LogP contribution in [0, 0.1) is 48.2 Å². The van der Waals surface area contributed by atoms with Gasteiger partial charge >= 0.3 is 108 Å². The Hall–Kier alpha value is -2.20. The van der Waals surface area contributed by atoms with Gasteiger partial charge in [-0.15, -0.1) is 0 Å². The molecule has 0 bridgehead atoms. The summed E-state index contributed by atoms with van der Waals surface area (Å²) in [5.41, 5.74) is 11.7. The van der Waals surface area contributed by atoms with Gasteiger partial charge in [0, 0.05) is 24.5 Å². The van der Waals surface area contributed by atoms with Crippen LogP contribution in [0.2, 0.25) is 0 Å². The summed E-state index contributed by atoms with van der Waals surface area (Å²) in [5.74, 6) is 0.727. The van der Waals surface area contributed by atoms with E-state index in [1.165, 1.54) is 44.8 Å². The van der Waals surface area contributed by atoms with Crippen LogP contribution in [0.1, 0.15) is 52.3 Å². The van der Waals surface area contributed by atoms with Crippen molar-refractivity contribution < 1.29 is 23.0 Å². The molecule has 1 fully saturated rings. The van der Waals surface area contributed by atoms with Gasteiger partial charge in [-0.05, 0) is 63.8 Å². The van der Waals surface area contributed by atoms with Gasteiger partial charge in [0.15, 0.2) is 0 Å². The van der Waals surface area contributed by atoms with Gasteiger partial charge in [0.25, 0.3) is 0 Å². The molecule has 0 aliphatic carbocycles. The smallest absolute Gasteiger partial charge is 0.0146 e. The van der Waals surface area contributed by atoms with E-state index in [2.05, 4.69) is 82.3 Å². The fraction of sp³-hybridized carbons (Fsp3) is 0.344. The first-order chi connectivity index (χ1) is 18.5. The van der Waals surface area contributed by atoms with Crippen molar-refractivity contribution in [3.63, 3.8) is 0 Å². The summed E-state index contributed by atoms with van der Waals surface area (Å²) in [6.07, 6.45) is 0.481. The molecule has 39 heavy (non-hydrogen) atoms. The molecule has 4 rings (SSSR count). The van der Waals surface area contributed by atoms with Gasteiger partial charge in [0.2, 0.25) is 0 Å². The fourth-order valence-corrected chi connectivity index (χ4v) is 6.94. The average molecular weight is 656 g/mol. The van der Waals surface area contributed by atoms with E-state index in [4.69, 9.17) is 24.1 Å².